The van der Waals surface area contributed by atoms with Gasteiger partial charge in [0, 0.05) is 25.1 Å². The Balaban J connectivity index is 2.05. The van der Waals surface area contributed by atoms with E-state index in [-0.39, 0.29) is 11.6 Å². The molecule has 0 aliphatic carbocycles. The van der Waals surface area contributed by atoms with Gasteiger partial charge in [0.2, 0.25) is 0 Å². The van der Waals surface area contributed by atoms with Gasteiger partial charge in [-0.3, -0.25) is 4.79 Å². The second kappa shape index (κ2) is 9.51. The molecular formula is C16H20N2O4S2. The highest BCUT2D eigenvalue weighted by molar-refractivity contribution is 7.12. The molecule has 2 heterocycles. The van der Waals surface area contributed by atoms with Crippen molar-refractivity contribution in [2.75, 3.05) is 26.9 Å². The number of aromatic nitrogens is 1. The number of carbonyl (C=O) groups excluding carboxylic acids is 2. The third kappa shape index (κ3) is 5.12. The van der Waals surface area contributed by atoms with Gasteiger partial charge in [0.25, 0.3) is 5.91 Å². The summed E-state index contributed by atoms with van der Waals surface area (Å²) in [6.45, 7) is 4.15. The van der Waals surface area contributed by atoms with Crippen LogP contribution < -0.4 is 0 Å². The first-order chi connectivity index (χ1) is 11.7. The molecule has 0 atom stereocenters. The molecule has 0 aromatic carbocycles. The lowest BCUT2D eigenvalue weighted by atomic mass is 10.3. The van der Waals surface area contributed by atoms with Crippen molar-refractivity contribution in [3.8, 4) is 0 Å². The highest BCUT2D eigenvalue weighted by Crippen LogP contribution is 2.18. The summed E-state index contributed by atoms with van der Waals surface area (Å²) in [7, 11) is 1.32. The quantitative estimate of drug-likeness (QED) is 0.503. The van der Waals surface area contributed by atoms with Crippen LogP contribution in [0.5, 0.6) is 0 Å². The van der Waals surface area contributed by atoms with Gasteiger partial charge in [0.15, 0.2) is 5.69 Å². The van der Waals surface area contributed by atoms with Crippen molar-refractivity contribution in [2.45, 2.75) is 19.9 Å². The Morgan fingerprint density at radius 3 is 2.83 bits per heavy atom. The first kappa shape index (κ1) is 18.6. The first-order valence-electron chi connectivity index (χ1n) is 7.59. The van der Waals surface area contributed by atoms with Gasteiger partial charge in [-0.25, -0.2) is 9.78 Å². The standard InChI is InChI=1S/C16H20N2O4S2/c1-3-22-8-5-7-18(15(19)13-6-4-9-23-13)10-14-17-12(11-24-14)16(20)21-2/h4,6,9,11H,3,5,7-8,10H2,1-2H3. The number of carbonyl (C=O) groups is 2. The molecule has 0 unspecified atom stereocenters. The van der Waals surface area contributed by atoms with Crippen LogP contribution in [0.25, 0.3) is 0 Å². The third-order valence-corrected chi connectivity index (χ3v) is 4.90. The molecule has 0 saturated carbocycles. The minimum Gasteiger partial charge on any atom is -0.464 e. The average molecular weight is 368 g/mol. The van der Waals surface area contributed by atoms with Gasteiger partial charge in [-0.2, -0.15) is 0 Å². The number of rotatable bonds is 9. The van der Waals surface area contributed by atoms with Crippen LogP contribution >= 0.6 is 22.7 Å². The molecule has 0 fully saturated rings. The Morgan fingerprint density at radius 1 is 1.33 bits per heavy atom. The molecule has 0 spiro atoms. The summed E-state index contributed by atoms with van der Waals surface area (Å²) in [5.41, 5.74) is 0.273. The van der Waals surface area contributed by atoms with Gasteiger partial charge in [0.1, 0.15) is 5.01 Å². The number of ether oxygens (including phenoxy) is 2. The third-order valence-electron chi connectivity index (χ3n) is 3.21. The molecule has 130 valence electrons. The van der Waals surface area contributed by atoms with Gasteiger partial charge in [0.05, 0.1) is 18.5 Å². The van der Waals surface area contributed by atoms with E-state index in [9.17, 15) is 9.59 Å². The number of nitrogens with zero attached hydrogens (tertiary/aromatic N) is 2. The van der Waals surface area contributed by atoms with Crippen LogP contribution in [-0.4, -0.2) is 48.6 Å². The zero-order chi connectivity index (χ0) is 17.4. The summed E-state index contributed by atoms with van der Waals surface area (Å²) in [6, 6.07) is 3.67. The van der Waals surface area contributed by atoms with Crippen molar-refractivity contribution in [3.63, 3.8) is 0 Å². The molecule has 0 aliphatic heterocycles. The molecule has 8 heteroatoms. The fourth-order valence-electron chi connectivity index (χ4n) is 2.06. The van der Waals surface area contributed by atoms with Crippen LogP contribution in [0.3, 0.4) is 0 Å². The summed E-state index contributed by atoms with van der Waals surface area (Å²) in [6.07, 6.45) is 0.750. The van der Waals surface area contributed by atoms with Crippen LogP contribution in [-0.2, 0) is 16.0 Å². The van der Waals surface area contributed by atoms with E-state index in [2.05, 4.69) is 9.72 Å². The summed E-state index contributed by atoms with van der Waals surface area (Å²) >= 11 is 2.76. The van der Waals surface area contributed by atoms with Crippen LogP contribution in [0, 0.1) is 0 Å². The molecule has 2 aromatic rings. The van der Waals surface area contributed by atoms with Crippen LogP contribution in [0.2, 0.25) is 0 Å². The number of amides is 1. The molecule has 2 rings (SSSR count). The van der Waals surface area contributed by atoms with E-state index in [0.29, 0.717) is 36.2 Å². The fourth-order valence-corrected chi connectivity index (χ4v) is 3.52. The van der Waals surface area contributed by atoms with E-state index in [1.165, 1.54) is 29.8 Å². The molecular weight excluding hydrogens is 348 g/mol. The van der Waals surface area contributed by atoms with E-state index < -0.39 is 5.97 Å². The Kier molecular flexibility index (Phi) is 7.36. The minimum atomic E-state index is -0.468. The van der Waals surface area contributed by atoms with Crippen molar-refractivity contribution in [2.24, 2.45) is 0 Å². The smallest absolute Gasteiger partial charge is 0.357 e. The summed E-state index contributed by atoms with van der Waals surface area (Å²) in [4.78, 5) is 30.8. The van der Waals surface area contributed by atoms with Gasteiger partial charge >= 0.3 is 5.97 Å². The fraction of sp³-hybridized carbons (Fsp3) is 0.438. The number of hydrogen-bond donors (Lipinski definition) is 0. The Hall–Kier alpha value is -1.77. The van der Waals surface area contributed by atoms with E-state index in [1.807, 2.05) is 24.4 Å². The molecule has 0 bridgehead atoms. The molecule has 24 heavy (non-hydrogen) atoms. The topological polar surface area (TPSA) is 68.7 Å². The van der Waals surface area contributed by atoms with Crippen molar-refractivity contribution >= 4 is 34.6 Å². The van der Waals surface area contributed by atoms with E-state index in [1.54, 1.807) is 10.3 Å². The van der Waals surface area contributed by atoms with Gasteiger partial charge in [-0.1, -0.05) is 6.07 Å². The van der Waals surface area contributed by atoms with Crippen molar-refractivity contribution in [3.05, 3.63) is 38.5 Å². The van der Waals surface area contributed by atoms with E-state index >= 15 is 0 Å². The lowest BCUT2D eigenvalue weighted by Gasteiger charge is -2.21. The molecule has 2 aromatic heterocycles. The van der Waals surface area contributed by atoms with E-state index in [4.69, 9.17) is 4.74 Å². The first-order valence-corrected chi connectivity index (χ1v) is 9.34. The number of methoxy groups -OCH3 is 1. The predicted octanol–water partition coefficient (Wildman–Crippen LogP) is 3.06. The van der Waals surface area contributed by atoms with Crippen LogP contribution in [0.4, 0.5) is 0 Å². The van der Waals surface area contributed by atoms with Crippen molar-refractivity contribution in [1.29, 1.82) is 0 Å². The average Bonchev–Trinajstić information content (AvgIpc) is 3.28. The van der Waals surface area contributed by atoms with Gasteiger partial charge < -0.3 is 14.4 Å². The number of thiazole rings is 1. The summed E-state index contributed by atoms with van der Waals surface area (Å²) < 4.78 is 10.0. The predicted molar refractivity (Wildman–Crippen MR) is 93.6 cm³/mol. The largest absolute Gasteiger partial charge is 0.464 e. The normalized spacial score (nSPS) is 10.6. The molecule has 6 nitrogen and oxygen atoms in total. The monoisotopic (exact) mass is 368 g/mol. The molecule has 1 amide bonds. The second-order valence-corrected chi connectivity index (χ2v) is 6.76. The second-order valence-electron chi connectivity index (χ2n) is 4.87. The maximum absolute atomic E-state index is 12.7. The molecule has 0 radical (unpaired) electrons. The van der Waals surface area contributed by atoms with Gasteiger partial charge in [-0.05, 0) is 24.8 Å². The highest BCUT2D eigenvalue weighted by atomic mass is 32.1. The number of esters is 1. The summed E-state index contributed by atoms with van der Waals surface area (Å²) in [5.74, 6) is -0.499. The Bertz CT molecular complexity index is 655. The maximum Gasteiger partial charge on any atom is 0.357 e. The Labute approximate surface area is 149 Å². The van der Waals surface area contributed by atoms with Crippen molar-refractivity contribution in [1.82, 2.24) is 9.88 Å². The van der Waals surface area contributed by atoms with Crippen LogP contribution in [0.15, 0.2) is 22.9 Å². The maximum atomic E-state index is 12.7. The van der Waals surface area contributed by atoms with Gasteiger partial charge in [-0.15, -0.1) is 22.7 Å². The highest BCUT2D eigenvalue weighted by Gasteiger charge is 2.19. The lowest BCUT2D eigenvalue weighted by molar-refractivity contribution is 0.0594. The molecule has 0 aliphatic rings. The number of hydrogen-bond acceptors (Lipinski definition) is 7. The zero-order valence-electron chi connectivity index (χ0n) is 13.7. The van der Waals surface area contributed by atoms with Crippen molar-refractivity contribution < 1.29 is 19.1 Å². The Morgan fingerprint density at radius 2 is 2.17 bits per heavy atom. The van der Waals surface area contributed by atoms with Crippen LogP contribution in [0.1, 0.15) is 38.5 Å². The lowest BCUT2D eigenvalue weighted by Crippen LogP contribution is -2.31. The minimum absolute atomic E-state index is 0.0312. The zero-order valence-corrected chi connectivity index (χ0v) is 15.3. The van der Waals surface area contributed by atoms with E-state index in [0.717, 1.165) is 6.42 Å². The summed E-state index contributed by atoms with van der Waals surface area (Å²) in [5, 5.41) is 4.23. The SMILES string of the molecule is CCOCCCN(Cc1nc(C(=O)OC)cs1)C(=O)c1cccs1. The molecule has 0 N–H and O–H groups in total. The number of thiophene rings is 1. The molecule has 0 saturated heterocycles.